The smallest absolute Gasteiger partial charge is 0.174 e. The summed E-state index contributed by atoms with van der Waals surface area (Å²) >= 11 is 12.2. The summed E-state index contributed by atoms with van der Waals surface area (Å²) in [5.74, 6) is 0.976. The Labute approximate surface area is 221 Å². The Morgan fingerprint density at radius 2 is 1.86 bits per heavy atom. The summed E-state index contributed by atoms with van der Waals surface area (Å²) in [5.41, 5.74) is 5.52. The molecule has 1 saturated heterocycles. The lowest BCUT2D eigenvalue weighted by molar-refractivity contribution is 0.340. The van der Waals surface area contributed by atoms with Crippen molar-refractivity contribution >= 4 is 34.6 Å². The van der Waals surface area contributed by atoms with Gasteiger partial charge in [0, 0.05) is 28.3 Å². The van der Waals surface area contributed by atoms with Crippen LogP contribution in [0, 0.1) is 13.8 Å². The van der Waals surface area contributed by atoms with Gasteiger partial charge in [-0.25, -0.2) is 0 Å². The van der Waals surface area contributed by atoms with Gasteiger partial charge in [0.2, 0.25) is 0 Å². The molecule has 0 aliphatic carbocycles. The van der Waals surface area contributed by atoms with E-state index in [1.54, 1.807) is 24.4 Å². The van der Waals surface area contributed by atoms with Crippen molar-refractivity contribution in [3.63, 3.8) is 0 Å². The lowest BCUT2D eigenvalue weighted by Gasteiger charge is -2.28. The van der Waals surface area contributed by atoms with E-state index in [4.69, 9.17) is 28.6 Å². The van der Waals surface area contributed by atoms with Crippen LogP contribution in [0.2, 0.25) is 5.02 Å². The Kier molecular flexibility index (Phi) is 6.60. The average molecular weight is 519 g/mol. The normalized spacial score (nSPS) is 17.3. The van der Waals surface area contributed by atoms with Crippen molar-refractivity contribution in [2.45, 2.75) is 32.9 Å². The van der Waals surface area contributed by atoms with Gasteiger partial charge in [-0.3, -0.25) is 4.98 Å². The number of anilines is 1. The highest BCUT2D eigenvalue weighted by atomic mass is 35.5. The Morgan fingerprint density at radius 3 is 2.56 bits per heavy atom. The number of halogens is 1. The van der Waals surface area contributed by atoms with Gasteiger partial charge in [-0.15, -0.1) is 0 Å². The lowest BCUT2D eigenvalue weighted by atomic mass is 9.96. The van der Waals surface area contributed by atoms with Gasteiger partial charge in [0.1, 0.15) is 11.5 Å². The van der Waals surface area contributed by atoms with Crippen LogP contribution < -0.4 is 15.0 Å². The number of rotatable bonds is 6. The van der Waals surface area contributed by atoms with Crippen molar-refractivity contribution in [1.82, 2.24) is 14.9 Å². The molecule has 184 valence electrons. The Morgan fingerprint density at radius 1 is 1.08 bits per heavy atom. The standard InChI is InChI=1S/C28H27ClN4O2S/c1-4-35-21-11-9-20(10-12-21)33-27(26(31-28(33)36)23-7-5-6-14-30-23)22-15-17(2)32(18(22)3)24-16-19(29)8-13-25(24)34/h5-16,26-27,34H,4H2,1-3H3,(H,31,36)/t26-,27+/m0/s1. The van der Waals surface area contributed by atoms with E-state index in [9.17, 15) is 5.11 Å². The fourth-order valence-corrected chi connectivity index (χ4v) is 5.46. The second kappa shape index (κ2) is 9.84. The highest BCUT2D eigenvalue weighted by molar-refractivity contribution is 7.80. The number of phenolic OH excluding ortho intramolecular Hbond substituents is 1. The van der Waals surface area contributed by atoms with Gasteiger partial charge < -0.3 is 24.6 Å². The van der Waals surface area contributed by atoms with Gasteiger partial charge in [0.15, 0.2) is 5.11 Å². The number of nitrogens with zero attached hydrogens (tertiary/aromatic N) is 3. The zero-order chi connectivity index (χ0) is 25.4. The van der Waals surface area contributed by atoms with Crippen LogP contribution in [-0.4, -0.2) is 26.4 Å². The average Bonchev–Trinajstić information content (AvgIpc) is 3.37. The fourth-order valence-electron chi connectivity index (χ4n) is 4.95. The maximum atomic E-state index is 10.6. The van der Waals surface area contributed by atoms with Gasteiger partial charge >= 0.3 is 0 Å². The van der Waals surface area contributed by atoms with Crippen LogP contribution in [0.4, 0.5) is 5.69 Å². The van der Waals surface area contributed by atoms with E-state index in [1.165, 1.54) is 0 Å². The molecule has 1 aliphatic rings. The van der Waals surface area contributed by atoms with E-state index < -0.39 is 0 Å². The van der Waals surface area contributed by atoms with Gasteiger partial charge in [-0.2, -0.15) is 0 Å². The lowest BCUT2D eigenvalue weighted by Crippen LogP contribution is -2.29. The minimum Gasteiger partial charge on any atom is -0.506 e. The third kappa shape index (κ3) is 4.29. The minimum atomic E-state index is -0.174. The molecule has 0 spiro atoms. The second-order valence-electron chi connectivity index (χ2n) is 8.72. The molecule has 1 fully saturated rings. The SMILES string of the molecule is CCOc1ccc(N2C(=S)N[C@@H](c3ccccn3)[C@H]2c2cc(C)n(-c3cc(Cl)ccc3O)c2C)cc1. The van der Waals surface area contributed by atoms with Crippen LogP contribution in [-0.2, 0) is 0 Å². The van der Waals surface area contributed by atoms with Gasteiger partial charge in [-0.1, -0.05) is 17.7 Å². The molecule has 2 atom stereocenters. The predicted molar refractivity (Wildman–Crippen MR) is 147 cm³/mol. The molecule has 0 bridgehead atoms. The quantitative estimate of drug-likeness (QED) is 0.287. The number of aromatic nitrogens is 2. The third-order valence-corrected chi connectivity index (χ3v) is 7.04. The molecule has 3 heterocycles. The number of ether oxygens (including phenoxy) is 1. The number of phenols is 1. The molecule has 0 saturated carbocycles. The summed E-state index contributed by atoms with van der Waals surface area (Å²) < 4.78 is 7.68. The molecule has 4 aromatic rings. The first-order chi connectivity index (χ1) is 17.4. The molecule has 2 N–H and O–H groups in total. The van der Waals surface area contributed by atoms with Crippen LogP contribution in [0.5, 0.6) is 11.5 Å². The van der Waals surface area contributed by atoms with Crippen LogP contribution in [0.3, 0.4) is 0 Å². The maximum absolute atomic E-state index is 10.6. The monoisotopic (exact) mass is 518 g/mol. The van der Waals surface area contributed by atoms with E-state index in [0.717, 1.165) is 34.1 Å². The fraction of sp³-hybridized carbons (Fsp3) is 0.214. The van der Waals surface area contributed by atoms with Crippen molar-refractivity contribution in [2.75, 3.05) is 11.5 Å². The Hall–Kier alpha value is -3.55. The highest BCUT2D eigenvalue weighted by Crippen LogP contribution is 2.44. The third-order valence-electron chi connectivity index (χ3n) is 6.49. The number of hydrogen-bond acceptors (Lipinski definition) is 4. The summed E-state index contributed by atoms with van der Waals surface area (Å²) in [4.78, 5) is 6.78. The molecule has 1 aliphatic heterocycles. The highest BCUT2D eigenvalue weighted by Gasteiger charge is 2.42. The molecule has 2 aromatic carbocycles. The first-order valence-electron chi connectivity index (χ1n) is 11.8. The molecule has 5 rings (SSSR count). The first-order valence-corrected chi connectivity index (χ1v) is 12.6. The summed E-state index contributed by atoms with van der Waals surface area (Å²) in [6.07, 6.45) is 1.80. The number of hydrogen-bond donors (Lipinski definition) is 2. The van der Waals surface area contributed by atoms with E-state index in [-0.39, 0.29) is 17.8 Å². The molecule has 36 heavy (non-hydrogen) atoms. The topological polar surface area (TPSA) is 62.5 Å². The Balaban J connectivity index is 1.66. The molecule has 8 heteroatoms. The summed E-state index contributed by atoms with van der Waals surface area (Å²) in [7, 11) is 0. The van der Waals surface area contributed by atoms with Crippen LogP contribution >= 0.6 is 23.8 Å². The van der Waals surface area contributed by atoms with Crippen LogP contribution in [0.25, 0.3) is 5.69 Å². The van der Waals surface area contributed by atoms with Crippen molar-refractivity contribution in [3.05, 3.63) is 101 Å². The van der Waals surface area contributed by atoms with Crippen molar-refractivity contribution in [2.24, 2.45) is 0 Å². The molecule has 0 radical (unpaired) electrons. The summed E-state index contributed by atoms with van der Waals surface area (Å²) in [6, 6.07) is 20.7. The van der Waals surface area contributed by atoms with Gasteiger partial charge in [-0.05, 0) is 99.2 Å². The van der Waals surface area contributed by atoms with Crippen LogP contribution in [0.15, 0.2) is 72.9 Å². The molecule has 0 amide bonds. The molecular formula is C28H27ClN4O2S. The van der Waals surface area contributed by atoms with Crippen LogP contribution in [0.1, 0.15) is 41.7 Å². The van der Waals surface area contributed by atoms with E-state index >= 15 is 0 Å². The van der Waals surface area contributed by atoms with Gasteiger partial charge in [0.25, 0.3) is 0 Å². The van der Waals surface area contributed by atoms with Gasteiger partial charge in [0.05, 0.1) is 30.1 Å². The summed E-state index contributed by atoms with van der Waals surface area (Å²) in [6.45, 7) is 6.65. The van der Waals surface area contributed by atoms with Crippen molar-refractivity contribution in [3.8, 4) is 17.2 Å². The van der Waals surface area contributed by atoms with E-state index in [0.29, 0.717) is 22.4 Å². The van der Waals surface area contributed by atoms with E-state index in [1.807, 2.05) is 60.9 Å². The predicted octanol–water partition coefficient (Wildman–Crippen LogP) is 6.42. The number of nitrogens with one attached hydrogen (secondary N) is 1. The molecule has 0 unspecified atom stereocenters. The number of pyridine rings is 1. The minimum absolute atomic E-state index is 0.164. The number of thiocarbonyl (C=S) groups is 1. The number of aryl methyl sites for hydroxylation is 1. The zero-order valence-corrected chi connectivity index (χ0v) is 21.8. The van der Waals surface area contributed by atoms with Crippen molar-refractivity contribution in [1.29, 1.82) is 0 Å². The second-order valence-corrected chi connectivity index (χ2v) is 9.54. The molecule has 2 aromatic heterocycles. The molecular weight excluding hydrogens is 492 g/mol. The van der Waals surface area contributed by atoms with E-state index in [2.05, 4.69) is 28.2 Å². The summed E-state index contributed by atoms with van der Waals surface area (Å²) in [5, 5.41) is 15.3. The van der Waals surface area contributed by atoms with Crippen molar-refractivity contribution < 1.29 is 9.84 Å². The number of aromatic hydroxyl groups is 1. The first kappa shape index (κ1) is 24.2. The number of benzene rings is 2. The zero-order valence-electron chi connectivity index (χ0n) is 20.3. The largest absolute Gasteiger partial charge is 0.506 e. The Bertz CT molecular complexity index is 1410. The maximum Gasteiger partial charge on any atom is 0.174 e. The molecule has 6 nitrogen and oxygen atoms in total.